The molecule has 5 nitrogen and oxygen atoms in total. The van der Waals surface area contributed by atoms with E-state index in [1.165, 1.54) is 6.07 Å². The van der Waals surface area contributed by atoms with Gasteiger partial charge < -0.3 is 14.4 Å². The Hall–Kier alpha value is -1.43. The van der Waals surface area contributed by atoms with Gasteiger partial charge in [0.1, 0.15) is 17.1 Å². The largest absolute Gasteiger partial charge is 0.478 e. The summed E-state index contributed by atoms with van der Waals surface area (Å²) in [6.45, 7) is 6.22. The number of carbonyl (C=O) groups is 2. The molecule has 1 amide bonds. The Labute approximate surface area is 129 Å². The van der Waals surface area contributed by atoms with Crippen molar-refractivity contribution < 1.29 is 19.1 Å². The van der Waals surface area contributed by atoms with Crippen molar-refractivity contribution in [2.45, 2.75) is 33.7 Å². The van der Waals surface area contributed by atoms with Gasteiger partial charge in [0.25, 0.3) is 0 Å². The molecule has 0 aromatic carbocycles. The minimum absolute atomic E-state index is 0.0229. The number of carboxylic acids is 1. The third-order valence-corrected chi connectivity index (χ3v) is 4.06. The molecule has 1 rings (SSSR count). The summed E-state index contributed by atoms with van der Waals surface area (Å²) in [5.41, 5.74) is 0.150. The van der Waals surface area contributed by atoms with E-state index in [4.69, 9.17) is 9.52 Å². The number of aryl methyl sites for hydroxylation is 1. The maximum Gasteiger partial charge on any atom is 0.339 e. The fraction of sp³-hybridized carbons (Fsp3) is 0.600. The lowest BCUT2D eigenvalue weighted by Gasteiger charge is -2.15. The zero-order chi connectivity index (χ0) is 16.0. The maximum absolute atomic E-state index is 12.0. The number of nitrogens with zero attached hydrogens (tertiary/aromatic N) is 1. The van der Waals surface area contributed by atoms with E-state index in [1.54, 1.807) is 30.6 Å². The van der Waals surface area contributed by atoms with Crippen LogP contribution in [0.4, 0.5) is 0 Å². The monoisotopic (exact) mass is 313 g/mol. The summed E-state index contributed by atoms with van der Waals surface area (Å²) in [6, 6.07) is 1.48. The van der Waals surface area contributed by atoms with Crippen LogP contribution in [0.25, 0.3) is 0 Å². The summed E-state index contributed by atoms with van der Waals surface area (Å²) in [6.07, 6.45) is 1.10. The van der Waals surface area contributed by atoms with Crippen molar-refractivity contribution in [3.05, 3.63) is 23.2 Å². The molecule has 0 aliphatic rings. The Balaban J connectivity index is 2.45. The SMILES string of the molecule is Cc1oc(CN(C)C(=O)CSCCC(C)C)cc1C(=O)O. The van der Waals surface area contributed by atoms with Gasteiger partial charge in [-0.25, -0.2) is 4.79 Å². The predicted octanol–water partition coefficient (Wildman–Crippen LogP) is 3.02. The highest BCUT2D eigenvalue weighted by Gasteiger charge is 2.16. The highest BCUT2D eigenvalue weighted by Crippen LogP contribution is 2.16. The highest BCUT2D eigenvalue weighted by molar-refractivity contribution is 7.99. The third-order valence-electron chi connectivity index (χ3n) is 3.08. The average Bonchev–Trinajstić information content (AvgIpc) is 2.75. The lowest BCUT2D eigenvalue weighted by Crippen LogP contribution is -2.27. The van der Waals surface area contributed by atoms with E-state index in [9.17, 15) is 9.59 Å². The Bertz CT molecular complexity index is 496. The van der Waals surface area contributed by atoms with E-state index in [1.807, 2.05) is 0 Å². The first kappa shape index (κ1) is 17.6. The quantitative estimate of drug-likeness (QED) is 0.747. The van der Waals surface area contributed by atoms with E-state index < -0.39 is 5.97 Å². The molecule has 1 aromatic rings. The molecular formula is C15H23NO4S. The van der Waals surface area contributed by atoms with Crippen molar-refractivity contribution in [3.63, 3.8) is 0 Å². The lowest BCUT2D eigenvalue weighted by atomic mass is 10.2. The van der Waals surface area contributed by atoms with Gasteiger partial charge in [-0.2, -0.15) is 11.8 Å². The molecular weight excluding hydrogens is 290 g/mol. The van der Waals surface area contributed by atoms with Crippen molar-refractivity contribution >= 4 is 23.6 Å². The van der Waals surface area contributed by atoms with Crippen LogP contribution in [-0.2, 0) is 11.3 Å². The highest BCUT2D eigenvalue weighted by atomic mass is 32.2. The summed E-state index contributed by atoms with van der Waals surface area (Å²) in [7, 11) is 1.70. The average molecular weight is 313 g/mol. The van der Waals surface area contributed by atoms with Crippen LogP contribution in [0.5, 0.6) is 0 Å². The molecule has 0 spiro atoms. The Morgan fingerprint density at radius 3 is 2.62 bits per heavy atom. The molecule has 0 saturated heterocycles. The number of carboxylic acid groups (broad SMARTS) is 1. The Morgan fingerprint density at radius 2 is 2.10 bits per heavy atom. The van der Waals surface area contributed by atoms with Crippen LogP contribution in [-0.4, -0.2) is 40.4 Å². The molecule has 0 bridgehead atoms. The number of furan rings is 1. The molecule has 0 radical (unpaired) electrons. The third kappa shape index (κ3) is 5.83. The fourth-order valence-corrected chi connectivity index (χ4v) is 2.92. The van der Waals surface area contributed by atoms with Gasteiger partial charge >= 0.3 is 5.97 Å². The molecule has 0 unspecified atom stereocenters. The summed E-state index contributed by atoms with van der Waals surface area (Å²) in [4.78, 5) is 24.5. The van der Waals surface area contributed by atoms with Crippen molar-refractivity contribution in [1.29, 1.82) is 0 Å². The number of aromatic carboxylic acids is 1. The second-order valence-corrected chi connectivity index (χ2v) is 6.58. The van der Waals surface area contributed by atoms with Gasteiger partial charge in [-0.15, -0.1) is 0 Å². The molecule has 0 saturated carbocycles. The van der Waals surface area contributed by atoms with E-state index >= 15 is 0 Å². The summed E-state index contributed by atoms with van der Waals surface area (Å²) >= 11 is 1.63. The first-order valence-electron chi connectivity index (χ1n) is 6.95. The van der Waals surface area contributed by atoms with Gasteiger partial charge in [0.2, 0.25) is 5.91 Å². The topological polar surface area (TPSA) is 70.8 Å². The fourth-order valence-electron chi connectivity index (χ4n) is 1.74. The second kappa shape index (κ2) is 8.12. The molecule has 118 valence electrons. The van der Waals surface area contributed by atoms with E-state index in [-0.39, 0.29) is 18.0 Å². The van der Waals surface area contributed by atoms with Gasteiger partial charge in [0, 0.05) is 7.05 Å². The van der Waals surface area contributed by atoms with Crippen LogP contribution in [0.1, 0.15) is 42.1 Å². The molecule has 1 N–H and O–H groups in total. The molecule has 0 atom stereocenters. The Kier molecular flexibility index (Phi) is 6.81. The van der Waals surface area contributed by atoms with Crippen molar-refractivity contribution in [2.75, 3.05) is 18.6 Å². The van der Waals surface area contributed by atoms with Gasteiger partial charge in [-0.05, 0) is 31.1 Å². The van der Waals surface area contributed by atoms with Gasteiger partial charge in [-0.1, -0.05) is 13.8 Å². The molecule has 21 heavy (non-hydrogen) atoms. The van der Waals surface area contributed by atoms with Crippen molar-refractivity contribution in [1.82, 2.24) is 4.90 Å². The smallest absolute Gasteiger partial charge is 0.339 e. The van der Waals surface area contributed by atoms with E-state index in [0.29, 0.717) is 23.2 Å². The Morgan fingerprint density at radius 1 is 1.43 bits per heavy atom. The van der Waals surface area contributed by atoms with Crippen LogP contribution >= 0.6 is 11.8 Å². The van der Waals surface area contributed by atoms with E-state index in [0.717, 1.165) is 12.2 Å². The van der Waals surface area contributed by atoms with Crippen LogP contribution in [0.3, 0.4) is 0 Å². The van der Waals surface area contributed by atoms with E-state index in [2.05, 4.69) is 13.8 Å². The molecule has 0 aliphatic carbocycles. The predicted molar refractivity (Wildman–Crippen MR) is 83.7 cm³/mol. The minimum Gasteiger partial charge on any atom is -0.478 e. The first-order valence-corrected chi connectivity index (χ1v) is 8.11. The second-order valence-electron chi connectivity index (χ2n) is 5.47. The van der Waals surface area contributed by atoms with Gasteiger partial charge in [-0.3, -0.25) is 4.79 Å². The number of carbonyl (C=O) groups excluding carboxylic acids is 1. The summed E-state index contributed by atoms with van der Waals surface area (Å²) < 4.78 is 5.37. The first-order chi connectivity index (χ1) is 9.81. The normalized spacial score (nSPS) is 10.9. The van der Waals surface area contributed by atoms with Gasteiger partial charge in [0.15, 0.2) is 0 Å². The zero-order valence-electron chi connectivity index (χ0n) is 13.0. The number of hydrogen-bond acceptors (Lipinski definition) is 4. The molecule has 1 aromatic heterocycles. The van der Waals surface area contributed by atoms with Crippen molar-refractivity contribution in [3.8, 4) is 0 Å². The van der Waals surface area contributed by atoms with Crippen LogP contribution in [0.2, 0.25) is 0 Å². The van der Waals surface area contributed by atoms with Crippen LogP contribution < -0.4 is 0 Å². The summed E-state index contributed by atoms with van der Waals surface area (Å²) in [5.74, 6) is 1.92. The molecule has 0 aliphatic heterocycles. The molecule has 6 heteroatoms. The standard InChI is InChI=1S/C15H23NO4S/c1-10(2)5-6-21-9-14(17)16(4)8-12-7-13(15(18)19)11(3)20-12/h7,10H,5-6,8-9H2,1-4H3,(H,18,19). The van der Waals surface area contributed by atoms with Crippen LogP contribution in [0, 0.1) is 12.8 Å². The molecule has 0 fully saturated rings. The summed E-state index contributed by atoms with van der Waals surface area (Å²) in [5, 5.41) is 8.97. The lowest BCUT2D eigenvalue weighted by molar-refractivity contribution is -0.127. The zero-order valence-corrected chi connectivity index (χ0v) is 13.8. The van der Waals surface area contributed by atoms with Crippen molar-refractivity contribution in [2.24, 2.45) is 5.92 Å². The van der Waals surface area contributed by atoms with Crippen LogP contribution in [0.15, 0.2) is 10.5 Å². The van der Waals surface area contributed by atoms with Gasteiger partial charge in [0.05, 0.1) is 12.3 Å². The number of hydrogen-bond donors (Lipinski definition) is 1. The number of rotatable bonds is 8. The molecule has 1 heterocycles. The number of thioether (sulfide) groups is 1. The number of amides is 1. The maximum atomic E-state index is 12.0. The minimum atomic E-state index is -1.01.